The molecule has 0 unspecified atom stereocenters. The summed E-state index contributed by atoms with van der Waals surface area (Å²) in [5.74, 6) is -0.499. The van der Waals surface area contributed by atoms with E-state index in [2.05, 4.69) is 10.5 Å². The topological polar surface area (TPSA) is 75.4 Å². The average molecular weight is 402 g/mol. The Morgan fingerprint density at radius 3 is 2.57 bits per heavy atom. The SMILES string of the molecule is Cc1c(F)cc(C(=O)NC2CC2)cc1-c1ccc2c(-c3ccc(O)cc3)noc2c1. The summed E-state index contributed by atoms with van der Waals surface area (Å²) in [7, 11) is 0. The van der Waals surface area contributed by atoms with Crippen LogP contribution in [0.1, 0.15) is 28.8 Å². The number of fused-ring (bicyclic) bond motifs is 1. The Hall–Kier alpha value is -3.67. The molecule has 0 atom stereocenters. The van der Waals surface area contributed by atoms with Crippen LogP contribution in [0.2, 0.25) is 0 Å². The van der Waals surface area contributed by atoms with Crippen LogP contribution in [0, 0.1) is 12.7 Å². The molecule has 1 aliphatic carbocycles. The summed E-state index contributed by atoms with van der Waals surface area (Å²) in [6.07, 6.45) is 1.94. The van der Waals surface area contributed by atoms with E-state index in [4.69, 9.17) is 4.52 Å². The van der Waals surface area contributed by atoms with Crippen LogP contribution in [-0.2, 0) is 0 Å². The van der Waals surface area contributed by atoms with Gasteiger partial charge < -0.3 is 14.9 Å². The minimum atomic E-state index is -0.420. The van der Waals surface area contributed by atoms with Crippen LogP contribution in [-0.4, -0.2) is 22.2 Å². The van der Waals surface area contributed by atoms with E-state index in [1.54, 1.807) is 43.3 Å². The van der Waals surface area contributed by atoms with E-state index in [0.717, 1.165) is 29.4 Å². The summed E-state index contributed by atoms with van der Waals surface area (Å²) < 4.78 is 20.1. The maximum Gasteiger partial charge on any atom is 0.251 e. The standard InChI is InChI=1S/C24H19FN2O3/c1-13-20(10-16(11-21(13)25)24(29)26-17-5-6-17)15-4-9-19-22(12-15)30-27-23(19)14-2-7-18(28)8-3-14/h2-4,7-12,17,28H,5-6H2,1H3,(H,26,29). The molecule has 4 aromatic rings. The van der Waals surface area contributed by atoms with E-state index in [-0.39, 0.29) is 17.7 Å². The van der Waals surface area contributed by atoms with Crippen LogP contribution in [0.25, 0.3) is 33.4 Å². The molecule has 0 bridgehead atoms. The molecule has 1 aromatic heterocycles. The smallest absolute Gasteiger partial charge is 0.251 e. The molecule has 30 heavy (non-hydrogen) atoms. The lowest BCUT2D eigenvalue weighted by Gasteiger charge is -2.11. The van der Waals surface area contributed by atoms with E-state index in [1.165, 1.54) is 6.07 Å². The molecule has 0 radical (unpaired) electrons. The minimum absolute atomic E-state index is 0.178. The van der Waals surface area contributed by atoms with Crippen LogP contribution < -0.4 is 5.32 Å². The molecule has 1 saturated carbocycles. The fourth-order valence-corrected chi connectivity index (χ4v) is 3.54. The predicted molar refractivity (Wildman–Crippen MR) is 112 cm³/mol. The van der Waals surface area contributed by atoms with Gasteiger partial charge in [-0.15, -0.1) is 0 Å². The fraction of sp³-hybridized carbons (Fsp3) is 0.167. The van der Waals surface area contributed by atoms with Gasteiger partial charge in [0, 0.05) is 22.6 Å². The number of aromatic hydroxyl groups is 1. The van der Waals surface area contributed by atoms with Gasteiger partial charge in [-0.05, 0) is 85.0 Å². The van der Waals surface area contributed by atoms with Gasteiger partial charge in [0.15, 0.2) is 5.58 Å². The summed E-state index contributed by atoms with van der Waals surface area (Å²) >= 11 is 0. The third kappa shape index (κ3) is 3.30. The molecule has 5 nitrogen and oxygen atoms in total. The Morgan fingerprint density at radius 1 is 1.10 bits per heavy atom. The second-order valence-electron chi connectivity index (χ2n) is 7.67. The summed E-state index contributed by atoms with van der Waals surface area (Å²) in [5.41, 5.74) is 4.20. The normalized spacial score (nSPS) is 13.5. The lowest BCUT2D eigenvalue weighted by atomic mass is 9.96. The van der Waals surface area contributed by atoms with Gasteiger partial charge in [-0.2, -0.15) is 0 Å². The van der Waals surface area contributed by atoms with Crippen molar-refractivity contribution < 1.29 is 18.8 Å². The van der Waals surface area contributed by atoms with E-state index < -0.39 is 5.82 Å². The number of carbonyl (C=O) groups is 1. The van der Waals surface area contributed by atoms with Crippen molar-refractivity contribution in [3.63, 3.8) is 0 Å². The fourth-order valence-electron chi connectivity index (χ4n) is 3.54. The Balaban J connectivity index is 1.55. The number of hydrogen-bond donors (Lipinski definition) is 2. The Morgan fingerprint density at radius 2 is 1.83 bits per heavy atom. The van der Waals surface area contributed by atoms with Gasteiger partial charge >= 0.3 is 0 Å². The van der Waals surface area contributed by atoms with Gasteiger partial charge in [-0.25, -0.2) is 4.39 Å². The molecule has 0 spiro atoms. The molecule has 3 aromatic carbocycles. The molecule has 150 valence electrons. The van der Waals surface area contributed by atoms with Crippen LogP contribution >= 0.6 is 0 Å². The van der Waals surface area contributed by atoms with E-state index in [1.807, 2.05) is 12.1 Å². The van der Waals surface area contributed by atoms with Gasteiger partial charge in [0.05, 0.1) is 0 Å². The highest BCUT2D eigenvalue weighted by Gasteiger charge is 2.24. The van der Waals surface area contributed by atoms with E-state index in [0.29, 0.717) is 28.0 Å². The number of aromatic nitrogens is 1. The Labute approximate surface area is 172 Å². The maximum atomic E-state index is 14.6. The molecular weight excluding hydrogens is 383 g/mol. The largest absolute Gasteiger partial charge is 0.508 e. The zero-order chi connectivity index (χ0) is 20.8. The number of nitrogens with zero attached hydrogens (tertiary/aromatic N) is 1. The first-order chi connectivity index (χ1) is 14.5. The third-order valence-electron chi connectivity index (χ3n) is 5.44. The van der Waals surface area contributed by atoms with Crippen LogP contribution in [0.15, 0.2) is 59.1 Å². The monoisotopic (exact) mass is 402 g/mol. The molecule has 0 saturated heterocycles. The molecule has 1 fully saturated rings. The van der Waals surface area contributed by atoms with Crippen molar-refractivity contribution >= 4 is 16.9 Å². The quantitative estimate of drug-likeness (QED) is 0.492. The highest BCUT2D eigenvalue weighted by Crippen LogP contribution is 2.34. The lowest BCUT2D eigenvalue weighted by Crippen LogP contribution is -2.25. The minimum Gasteiger partial charge on any atom is -0.508 e. The molecule has 6 heteroatoms. The first-order valence-corrected chi connectivity index (χ1v) is 9.80. The van der Waals surface area contributed by atoms with E-state index >= 15 is 0 Å². The summed E-state index contributed by atoms with van der Waals surface area (Å²) in [6.45, 7) is 1.69. The highest BCUT2D eigenvalue weighted by molar-refractivity contribution is 5.97. The number of rotatable bonds is 4. The van der Waals surface area contributed by atoms with Crippen LogP contribution in [0.3, 0.4) is 0 Å². The first kappa shape index (κ1) is 18.4. The lowest BCUT2D eigenvalue weighted by molar-refractivity contribution is 0.0950. The number of amides is 1. The highest BCUT2D eigenvalue weighted by atomic mass is 19.1. The van der Waals surface area contributed by atoms with Crippen LogP contribution in [0.5, 0.6) is 5.75 Å². The number of hydrogen-bond acceptors (Lipinski definition) is 4. The number of phenols is 1. The van der Waals surface area contributed by atoms with Crippen molar-refractivity contribution in [1.29, 1.82) is 0 Å². The van der Waals surface area contributed by atoms with Crippen molar-refractivity contribution in [2.75, 3.05) is 0 Å². The summed E-state index contributed by atoms with van der Waals surface area (Å²) in [6, 6.07) is 15.5. The number of benzene rings is 3. The van der Waals surface area contributed by atoms with Crippen molar-refractivity contribution in [1.82, 2.24) is 10.5 Å². The second-order valence-corrected chi connectivity index (χ2v) is 7.67. The van der Waals surface area contributed by atoms with Crippen LogP contribution in [0.4, 0.5) is 4.39 Å². The van der Waals surface area contributed by atoms with Gasteiger partial charge in [0.1, 0.15) is 17.3 Å². The zero-order valence-electron chi connectivity index (χ0n) is 16.3. The summed E-state index contributed by atoms with van der Waals surface area (Å²) in [5, 5.41) is 17.4. The number of carbonyl (C=O) groups excluding carboxylic acids is 1. The van der Waals surface area contributed by atoms with Gasteiger partial charge in [0.25, 0.3) is 5.91 Å². The van der Waals surface area contributed by atoms with Gasteiger partial charge in [-0.1, -0.05) is 11.2 Å². The second kappa shape index (κ2) is 6.99. The predicted octanol–water partition coefficient (Wildman–Crippen LogP) is 5.21. The van der Waals surface area contributed by atoms with Crippen molar-refractivity contribution in [3.05, 3.63) is 71.5 Å². The molecule has 5 rings (SSSR count). The van der Waals surface area contributed by atoms with Gasteiger partial charge in [-0.3, -0.25) is 4.79 Å². The molecule has 2 N–H and O–H groups in total. The number of nitrogens with one attached hydrogen (secondary N) is 1. The first-order valence-electron chi connectivity index (χ1n) is 9.80. The average Bonchev–Trinajstić information content (AvgIpc) is 3.46. The Kier molecular flexibility index (Phi) is 4.28. The number of halogens is 1. The van der Waals surface area contributed by atoms with Crippen molar-refractivity contribution in [3.8, 4) is 28.1 Å². The maximum absolute atomic E-state index is 14.6. The number of phenolic OH excluding ortho intramolecular Hbond substituents is 1. The third-order valence-corrected chi connectivity index (χ3v) is 5.44. The zero-order valence-corrected chi connectivity index (χ0v) is 16.3. The molecule has 1 amide bonds. The molecule has 1 heterocycles. The van der Waals surface area contributed by atoms with E-state index in [9.17, 15) is 14.3 Å². The van der Waals surface area contributed by atoms with Crippen molar-refractivity contribution in [2.24, 2.45) is 0 Å². The molecular formula is C24H19FN2O3. The summed E-state index contributed by atoms with van der Waals surface area (Å²) in [4.78, 5) is 12.4. The van der Waals surface area contributed by atoms with Crippen molar-refractivity contribution in [2.45, 2.75) is 25.8 Å². The molecule has 0 aliphatic heterocycles. The van der Waals surface area contributed by atoms with Gasteiger partial charge in [0.2, 0.25) is 0 Å². The Bertz CT molecular complexity index is 1270. The molecule has 1 aliphatic rings.